The molecule has 1 saturated heterocycles. The van der Waals surface area contributed by atoms with Gasteiger partial charge in [-0.1, -0.05) is 0 Å². The molecule has 0 saturated carbocycles. The summed E-state index contributed by atoms with van der Waals surface area (Å²) in [4.78, 5) is 51.8. The van der Waals surface area contributed by atoms with Gasteiger partial charge in [0.25, 0.3) is 11.6 Å². The van der Waals surface area contributed by atoms with Crippen LogP contribution in [0.5, 0.6) is 0 Å². The van der Waals surface area contributed by atoms with Crippen molar-refractivity contribution < 1.29 is 28.8 Å². The molecule has 11 heteroatoms. The average molecular weight is 436 g/mol. The number of nitro groups is 1. The molecule has 11 nitrogen and oxygen atoms in total. The van der Waals surface area contributed by atoms with Crippen LogP contribution in [0.25, 0.3) is 0 Å². The number of piperazine rings is 1. The van der Waals surface area contributed by atoms with E-state index in [-0.39, 0.29) is 12.2 Å². The highest BCUT2D eigenvalue weighted by molar-refractivity contribution is 6.05. The molecule has 3 amide bonds. The van der Waals surface area contributed by atoms with Gasteiger partial charge in [0.2, 0.25) is 0 Å². The van der Waals surface area contributed by atoms with Crippen molar-refractivity contribution in [3.05, 3.63) is 33.9 Å². The topological polar surface area (TPSA) is 123 Å². The number of benzene rings is 1. The van der Waals surface area contributed by atoms with Gasteiger partial charge in [0.1, 0.15) is 11.2 Å². The Morgan fingerprint density at radius 3 is 2.29 bits per heavy atom. The molecule has 0 aliphatic carbocycles. The molecule has 1 aromatic carbocycles. The summed E-state index contributed by atoms with van der Waals surface area (Å²) in [6.45, 7) is 8.76. The summed E-state index contributed by atoms with van der Waals surface area (Å²) in [5.41, 5.74) is -0.632. The molecule has 2 rings (SSSR count). The number of nitrogens with zero attached hydrogens (tertiary/aromatic N) is 4. The van der Waals surface area contributed by atoms with Crippen LogP contribution in [-0.2, 0) is 9.47 Å². The van der Waals surface area contributed by atoms with Crippen molar-refractivity contribution in [3.8, 4) is 0 Å². The summed E-state index contributed by atoms with van der Waals surface area (Å²) in [6, 6.07) is 4.17. The summed E-state index contributed by atoms with van der Waals surface area (Å²) < 4.78 is 10.2. The quantitative estimate of drug-likeness (QED) is 0.521. The Morgan fingerprint density at radius 1 is 1.16 bits per heavy atom. The monoisotopic (exact) mass is 436 g/mol. The lowest BCUT2D eigenvalue weighted by atomic mass is 10.1. The number of hydrogen-bond acceptors (Lipinski definition) is 8. The molecule has 0 bridgehead atoms. The molecule has 0 atom stereocenters. The number of rotatable bonds is 4. The maximum Gasteiger partial charge on any atom is 0.416 e. The predicted molar refractivity (Wildman–Crippen MR) is 112 cm³/mol. The van der Waals surface area contributed by atoms with Crippen LogP contribution in [0.1, 0.15) is 38.1 Å². The normalized spacial score (nSPS) is 14.1. The number of nitro benzene ring substituents is 1. The van der Waals surface area contributed by atoms with Crippen LogP contribution in [0.2, 0.25) is 0 Å². The molecule has 1 aromatic rings. The third-order valence-electron chi connectivity index (χ3n) is 4.55. The summed E-state index contributed by atoms with van der Waals surface area (Å²) in [7, 11) is 1.20. The van der Waals surface area contributed by atoms with E-state index in [2.05, 4.69) is 0 Å². The van der Waals surface area contributed by atoms with Gasteiger partial charge in [0, 0.05) is 45.0 Å². The largest absolute Gasteiger partial charge is 0.449 e. The highest BCUT2D eigenvalue weighted by atomic mass is 16.6. The second kappa shape index (κ2) is 9.63. The molecule has 0 aromatic heterocycles. The van der Waals surface area contributed by atoms with Crippen LogP contribution >= 0.6 is 0 Å². The van der Waals surface area contributed by atoms with E-state index in [1.54, 1.807) is 38.7 Å². The SMILES string of the molecule is CCOC(=O)N(C)C(=O)c1cc(N2CCN(C(=O)OC(C)(C)C)CC2)ccc1[N+](=O)[O-]. The smallest absolute Gasteiger partial charge is 0.416 e. The van der Waals surface area contributed by atoms with Crippen LogP contribution < -0.4 is 4.90 Å². The Kier molecular flexibility index (Phi) is 7.42. The van der Waals surface area contributed by atoms with E-state index in [0.717, 1.165) is 0 Å². The first-order valence-corrected chi connectivity index (χ1v) is 9.90. The Labute approximate surface area is 180 Å². The molecule has 0 spiro atoms. The van der Waals surface area contributed by atoms with Crippen molar-refractivity contribution in [2.75, 3.05) is 44.7 Å². The number of anilines is 1. The Bertz CT molecular complexity index is 858. The van der Waals surface area contributed by atoms with Gasteiger partial charge in [-0.3, -0.25) is 14.9 Å². The van der Waals surface area contributed by atoms with E-state index in [1.165, 1.54) is 19.2 Å². The van der Waals surface area contributed by atoms with Crippen LogP contribution in [0, 0.1) is 10.1 Å². The summed E-state index contributed by atoms with van der Waals surface area (Å²) in [6.07, 6.45) is -1.29. The lowest BCUT2D eigenvalue weighted by Gasteiger charge is -2.36. The molecule has 1 heterocycles. The minimum atomic E-state index is -0.891. The van der Waals surface area contributed by atoms with Crippen molar-refractivity contribution in [3.63, 3.8) is 0 Å². The van der Waals surface area contributed by atoms with E-state index in [1.807, 2.05) is 4.90 Å². The molecule has 170 valence electrons. The van der Waals surface area contributed by atoms with Crippen molar-refractivity contribution in [1.82, 2.24) is 9.80 Å². The maximum atomic E-state index is 12.7. The standard InChI is InChI=1S/C20H28N4O7/c1-6-30-18(26)21(5)17(25)15-13-14(7-8-16(15)24(28)29)22-9-11-23(12-10-22)19(27)31-20(2,3)4/h7-8,13H,6,9-12H2,1-5H3. The van der Waals surface area contributed by atoms with E-state index in [4.69, 9.17) is 9.47 Å². The van der Waals surface area contributed by atoms with Gasteiger partial charge in [-0.2, -0.15) is 0 Å². The maximum absolute atomic E-state index is 12.7. The van der Waals surface area contributed by atoms with Gasteiger partial charge >= 0.3 is 12.2 Å². The zero-order chi connectivity index (χ0) is 23.3. The molecule has 0 unspecified atom stereocenters. The van der Waals surface area contributed by atoms with Gasteiger partial charge in [0.05, 0.1) is 11.5 Å². The highest BCUT2D eigenvalue weighted by Gasteiger charge is 2.30. The van der Waals surface area contributed by atoms with Crippen LogP contribution in [0.4, 0.5) is 21.0 Å². The van der Waals surface area contributed by atoms with Crippen molar-refractivity contribution >= 4 is 29.5 Å². The molecule has 0 N–H and O–H groups in total. The van der Waals surface area contributed by atoms with Crippen LogP contribution in [0.3, 0.4) is 0 Å². The summed E-state index contributed by atoms with van der Waals surface area (Å²) >= 11 is 0. The van der Waals surface area contributed by atoms with E-state index in [0.29, 0.717) is 36.8 Å². The van der Waals surface area contributed by atoms with Gasteiger partial charge in [-0.05, 0) is 39.8 Å². The number of carbonyl (C=O) groups excluding carboxylic acids is 3. The second-order valence-electron chi connectivity index (χ2n) is 7.98. The van der Waals surface area contributed by atoms with Crippen LogP contribution in [0.15, 0.2) is 18.2 Å². The first kappa shape index (κ1) is 23.9. The third-order valence-corrected chi connectivity index (χ3v) is 4.55. The molecular weight excluding hydrogens is 408 g/mol. The third kappa shape index (κ3) is 6.06. The molecule has 31 heavy (non-hydrogen) atoms. The first-order chi connectivity index (χ1) is 14.4. The van der Waals surface area contributed by atoms with E-state index < -0.39 is 34.3 Å². The number of hydrogen-bond donors (Lipinski definition) is 0. The summed E-state index contributed by atoms with van der Waals surface area (Å²) in [5, 5.41) is 11.4. The number of imide groups is 1. The highest BCUT2D eigenvalue weighted by Crippen LogP contribution is 2.27. The lowest BCUT2D eigenvalue weighted by molar-refractivity contribution is -0.385. The number of ether oxygens (including phenoxy) is 2. The molecule has 1 aliphatic rings. The zero-order valence-corrected chi connectivity index (χ0v) is 18.4. The Morgan fingerprint density at radius 2 is 1.77 bits per heavy atom. The first-order valence-electron chi connectivity index (χ1n) is 9.90. The van der Waals surface area contributed by atoms with Crippen molar-refractivity contribution in [1.29, 1.82) is 0 Å². The Hall–Kier alpha value is -3.37. The number of carbonyl (C=O) groups is 3. The predicted octanol–water partition coefficient (Wildman–Crippen LogP) is 2.88. The van der Waals surface area contributed by atoms with Gasteiger partial charge in [0.15, 0.2) is 0 Å². The van der Waals surface area contributed by atoms with E-state index in [9.17, 15) is 24.5 Å². The minimum absolute atomic E-state index is 0.0700. The van der Waals surface area contributed by atoms with Gasteiger partial charge in [-0.15, -0.1) is 0 Å². The fourth-order valence-corrected chi connectivity index (χ4v) is 3.01. The Balaban J connectivity index is 2.19. The van der Waals surface area contributed by atoms with E-state index >= 15 is 0 Å². The van der Waals surface area contributed by atoms with Crippen molar-refractivity contribution in [2.24, 2.45) is 0 Å². The second-order valence-corrected chi connectivity index (χ2v) is 7.98. The minimum Gasteiger partial charge on any atom is -0.449 e. The molecule has 1 aliphatic heterocycles. The number of amides is 3. The summed E-state index contributed by atoms with van der Waals surface area (Å²) in [5.74, 6) is -0.834. The van der Waals surface area contributed by atoms with Crippen molar-refractivity contribution in [2.45, 2.75) is 33.3 Å². The average Bonchev–Trinajstić information content (AvgIpc) is 2.71. The molecule has 1 fully saturated rings. The zero-order valence-electron chi connectivity index (χ0n) is 18.4. The molecular formula is C20H28N4O7. The van der Waals surface area contributed by atoms with Gasteiger partial charge in [-0.25, -0.2) is 14.5 Å². The lowest BCUT2D eigenvalue weighted by Crippen LogP contribution is -2.50. The van der Waals surface area contributed by atoms with Crippen LogP contribution in [-0.4, -0.2) is 78.3 Å². The van der Waals surface area contributed by atoms with Gasteiger partial charge < -0.3 is 19.3 Å². The fourth-order valence-electron chi connectivity index (χ4n) is 3.01. The fraction of sp³-hybridized carbons (Fsp3) is 0.550. The molecule has 0 radical (unpaired) electrons.